The molecule has 2 aromatic heterocycles. The molecule has 3 atom stereocenters. The topological polar surface area (TPSA) is 52.0 Å². The lowest BCUT2D eigenvalue weighted by molar-refractivity contribution is 0.333. The van der Waals surface area contributed by atoms with Crippen LogP contribution in [0.2, 0.25) is 0 Å². The van der Waals surface area contributed by atoms with Gasteiger partial charge >= 0.3 is 0 Å². The Balaban J connectivity index is 0.954. The molecule has 10 aromatic carbocycles. The van der Waals surface area contributed by atoms with Crippen LogP contribution in [0.15, 0.2) is 176 Å². The first kappa shape index (κ1) is 40.4. The summed E-state index contributed by atoms with van der Waals surface area (Å²) in [6, 6.07) is 72.2. The maximum atomic E-state index is 11.6. The molecule has 3 nitrogen and oxygen atoms in total. The molecule has 0 aliphatic heterocycles. The second kappa shape index (κ2) is 12.7. The zero-order chi connectivity index (χ0) is 50.2. The molecule has 0 fully saturated rings. The van der Waals surface area contributed by atoms with E-state index < -0.39 is 5.41 Å². The van der Waals surface area contributed by atoms with Gasteiger partial charge < -0.3 is 4.40 Å². The summed E-state index contributed by atoms with van der Waals surface area (Å²) in [4.78, 5) is 0. The predicted molar refractivity (Wildman–Crippen MR) is 303 cm³/mol. The lowest BCUT2D eigenvalue weighted by atomic mass is 9.43. The number of hydrogen-bond acceptors (Lipinski definition) is 2. The molecule has 20 rings (SSSR count). The minimum absolute atomic E-state index is 0.0376. The molecule has 0 saturated heterocycles. The van der Waals surface area contributed by atoms with Crippen LogP contribution in [0, 0.1) is 22.7 Å². The molecule has 352 valence electrons. The fourth-order valence-corrected chi connectivity index (χ4v) is 18.1. The Morgan fingerprint density at radius 1 is 0.395 bits per heavy atom. The Morgan fingerprint density at radius 2 is 0.868 bits per heavy atom. The highest BCUT2D eigenvalue weighted by Crippen LogP contribution is 2.79. The average Bonchev–Trinajstić information content (AvgIpc) is 3.44. The van der Waals surface area contributed by atoms with E-state index in [1.807, 2.05) is 0 Å². The number of nitriles is 2. The van der Waals surface area contributed by atoms with E-state index in [0.717, 1.165) is 27.7 Å². The summed E-state index contributed by atoms with van der Waals surface area (Å²) in [5, 5.41) is 28.1. The van der Waals surface area contributed by atoms with Crippen LogP contribution in [0.3, 0.4) is 0 Å². The van der Waals surface area contributed by atoms with E-state index in [1.165, 1.54) is 144 Å². The van der Waals surface area contributed by atoms with Gasteiger partial charge in [0.2, 0.25) is 0 Å². The first-order valence-electron chi connectivity index (χ1n) is 27.2. The van der Waals surface area contributed by atoms with Gasteiger partial charge in [-0.1, -0.05) is 173 Å². The molecule has 1 spiro atoms. The van der Waals surface area contributed by atoms with Crippen molar-refractivity contribution in [3.05, 3.63) is 276 Å². The number of nitrogens with zero attached hydrogens (tertiary/aromatic N) is 3. The van der Waals surface area contributed by atoms with Crippen molar-refractivity contribution < 1.29 is 0 Å². The highest BCUT2D eigenvalue weighted by atomic mass is 14.9. The number of hydrogen-bond donors (Lipinski definition) is 0. The normalized spacial score (nSPS) is 21.7. The van der Waals surface area contributed by atoms with Gasteiger partial charge in [-0.3, -0.25) is 0 Å². The Labute approximate surface area is 439 Å². The highest BCUT2D eigenvalue weighted by Gasteiger charge is 2.70. The third-order valence-electron chi connectivity index (χ3n) is 20.8. The van der Waals surface area contributed by atoms with Gasteiger partial charge in [0.25, 0.3) is 0 Å². The SMILES string of the molecule is CC1(C)c2ccccc2-c2ccc(-c3ccc4c(c3)C(C)(C)c3c-4cc4c5c6c(c(C#N)cc5n5c7cc(C#N)c8c(c7c3c45)C3c4ccccc4C34c3ccccc3C84)C3c4ccccc4C6c4ccccc43)cc21. The van der Waals surface area contributed by atoms with Crippen LogP contribution >= 0.6 is 0 Å². The first-order chi connectivity index (χ1) is 37.2. The zero-order valence-electron chi connectivity index (χ0n) is 42.4. The van der Waals surface area contributed by atoms with Gasteiger partial charge in [0.1, 0.15) is 0 Å². The summed E-state index contributed by atoms with van der Waals surface area (Å²) in [6.45, 7) is 9.67. The number of aromatic nitrogens is 1. The van der Waals surface area contributed by atoms with Crippen LogP contribution < -0.4 is 0 Å². The fraction of sp³-hybridized carbons (Fsp3) is 0.151. The second-order valence-electron chi connectivity index (χ2n) is 24.3. The van der Waals surface area contributed by atoms with E-state index in [2.05, 4.69) is 220 Å². The standard InChI is InChI=1S/C73H45N3/c1-71(2)51-22-12-9-15-40(51)41-27-25-36(29-54(41)71)37-26-28-42-49-33-50-62-56(31-38(34-74)58-60-43-16-5-7-18-45(43)61(64(58)62)46-19-8-6-17-44(46)60)76-57-32-39(35-75)59-65(63(57)66(70(50)76)67(49)72(3,4)55(42)30-37)69-48-21-11-14-24-53(48)73(69)52-23-13-10-20-47(52)68(59)73/h5-33,60-61,68-69H,1-4H3. The van der Waals surface area contributed by atoms with E-state index in [-0.39, 0.29) is 34.5 Å². The van der Waals surface area contributed by atoms with E-state index >= 15 is 0 Å². The molecule has 8 aliphatic carbocycles. The van der Waals surface area contributed by atoms with Gasteiger partial charge in [0.15, 0.2) is 0 Å². The van der Waals surface area contributed by atoms with Gasteiger partial charge in [-0.05, 0) is 153 Å². The molecule has 2 bridgehead atoms. The summed E-state index contributed by atoms with van der Waals surface area (Å²) in [7, 11) is 0. The van der Waals surface area contributed by atoms with E-state index in [0.29, 0.717) is 0 Å². The largest absolute Gasteiger partial charge is 0.308 e. The third-order valence-corrected chi connectivity index (χ3v) is 20.8. The summed E-state index contributed by atoms with van der Waals surface area (Å²) in [5.74, 6) is 0.103. The van der Waals surface area contributed by atoms with Crippen LogP contribution in [-0.4, -0.2) is 4.40 Å². The second-order valence-corrected chi connectivity index (χ2v) is 24.3. The molecule has 3 heteroatoms. The molecule has 3 unspecified atom stereocenters. The van der Waals surface area contributed by atoms with Crippen molar-refractivity contribution in [1.82, 2.24) is 4.40 Å². The Hall–Kier alpha value is -9.02. The van der Waals surface area contributed by atoms with Crippen molar-refractivity contribution in [2.45, 2.75) is 67.6 Å². The first-order valence-corrected chi connectivity index (χ1v) is 27.2. The molecular weight excluding hydrogens is 919 g/mol. The number of rotatable bonds is 1. The van der Waals surface area contributed by atoms with E-state index in [4.69, 9.17) is 0 Å². The zero-order valence-corrected chi connectivity index (χ0v) is 42.4. The number of fused-ring (bicyclic) bond motifs is 21. The van der Waals surface area contributed by atoms with Gasteiger partial charge in [-0.15, -0.1) is 0 Å². The lowest BCUT2D eigenvalue weighted by Gasteiger charge is -2.58. The number of benzene rings is 10. The van der Waals surface area contributed by atoms with Gasteiger partial charge in [0, 0.05) is 61.5 Å². The molecular formula is C73H45N3. The van der Waals surface area contributed by atoms with Crippen molar-refractivity contribution in [2.75, 3.05) is 0 Å². The molecule has 0 N–H and O–H groups in total. The minimum Gasteiger partial charge on any atom is -0.308 e. The van der Waals surface area contributed by atoms with Crippen molar-refractivity contribution in [2.24, 2.45) is 0 Å². The Morgan fingerprint density at radius 3 is 1.47 bits per heavy atom. The van der Waals surface area contributed by atoms with Gasteiger partial charge in [-0.25, -0.2) is 0 Å². The van der Waals surface area contributed by atoms with Crippen LogP contribution in [0.1, 0.15) is 152 Å². The minimum atomic E-state index is -0.399. The predicted octanol–water partition coefficient (Wildman–Crippen LogP) is 16.7. The highest BCUT2D eigenvalue weighted by molar-refractivity contribution is 6.29. The summed E-state index contributed by atoms with van der Waals surface area (Å²) >= 11 is 0. The molecule has 8 aliphatic rings. The molecule has 76 heavy (non-hydrogen) atoms. The van der Waals surface area contributed by atoms with Crippen molar-refractivity contribution in [1.29, 1.82) is 10.5 Å². The van der Waals surface area contributed by atoms with Crippen LogP contribution in [0.25, 0.3) is 71.5 Å². The fourth-order valence-electron chi connectivity index (χ4n) is 18.1. The maximum Gasteiger partial charge on any atom is 0.0995 e. The molecule has 12 aromatic rings. The molecule has 0 radical (unpaired) electrons. The maximum absolute atomic E-state index is 11.6. The smallest absolute Gasteiger partial charge is 0.0995 e. The van der Waals surface area contributed by atoms with Crippen molar-refractivity contribution in [3.63, 3.8) is 0 Å². The average molecular weight is 964 g/mol. The van der Waals surface area contributed by atoms with Crippen LogP contribution in [-0.2, 0) is 16.2 Å². The summed E-state index contributed by atoms with van der Waals surface area (Å²) in [5.41, 5.74) is 33.1. The van der Waals surface area contributed by atoms with Gasteiger partial charge in [0.05, 0.1) is 39.8 Å². The molecule has 2 heterocycles. The van der Waals surface area contributed by atoms with Gasteiger partial charge in [-0.2, -0.15) is 10.5 Å². The molecule has 0 saturated carbocycles. The van der Waals surface area contributed by atoms with E-state index in [9.17, 15) is 10.5 Å². The Kier molecular flexibility index (Phi) is 6.76. The summed E-state index contributed by atoms with van der Waals surface area (Å²) < 4.78 is 2.53. The van der Waals surface area contributed by atoms with Crippen LogP contribution in [0.4, 0.5) is 0 Å². The quantitative estimate of drug-likeness (QED) is 0.165. The van der Waals surface area contributed by atoms with Crippen molar-refractivity contribution in [3.8, 4) is 45.5 Å². The van der Waals surface area contributed by atoms with Crippen molar-refractivity contribution >= 4 is 38.1 Å². The van der Waals surface area contributed by atoms with E-state index in [1.54, 1.807) is 0 Å². The molecule has 0 amide bonds. The Bertz CT molecular complexity index is 4900. The summed E-state index contributed by atoms with van der Waals surface area (Å²) in [6.07, 6.45) is 0. The third kappa shape index (κ3) is 4.06. The lowest BCUT2D eigenvalue weighted by Crippen LogP contribution is -2.52. The monoisotopic (exact) mass is 963 g/mol. The van der Waals surface area contributed by atoms with Crippen LogP contribution in [0.5, 0.6) is 0 Å².